The lowest BCUT2D eigenvalue weighted by molar-refractivity contribution is 0.412. The number of benzene rings is 1. The van der Waals surface area contributed by atoms with Gasteiger partial charge in [-0.05, 0) is 51.3 Å². The topological polar surface area (TPSA) is 18.5 Å². The van der Waals surface area contributed by atoms with Crippen LogP contribution in [0.3, 0.4) is 0 Å². The molecule has 0 aromatic heterocycles. The van der Waals surface area contributed by atoms with Gasteiger partial charge >= 0.3 is 0 Å². The van der Waals surface area contributed by atoms with Crippen LogP contribution in [0.2, 0.25) is 5.02 Å². The zero-order valence-corrected chi connectivity index (χ0v) is 13.3. The molecule has 0 unspecified atom stereocenters. The fraction of sp³-hybridized carbons (Fsp3) is 0.600. The smallest absolute Gasteiger partial charge is 0.0413 e. The Kier molecular flexibility index (Phi) is 7.21. The quantitative estimate of drug-likeness (QED) is 0.791. The largest absolute Gasteiger partial charge is 0.370 e. The van der Waals surface area contributed by atoms with Crippen LogP contribution in [0.4, 0.5) is 5.69 Å². The van der Waals surface area contributed by atoms with Crippen molar-refractivity contribution in [1.29, 1.82) is 0 Å². The fourth-order valence-corrected chi connectivity index (χ4v) is 2.33. The summed E-state index contributed by atoms with van der Waals surface area (Å²) in [4.78, 5) is 4.67. The van der Waals surface area contributed by atoms with Gasteiger partial charge in [0.05, 0.1) is 0 Å². The number of anilines is 1. The second-order valence-electron chi connectivity index (χ2n) is 5.09. The molecule has 0 fully saturated rings. The van der Waals surface area contributed by atoms with Crippen LogP contribution in [-0.4, -0.2) is 45.7 Å². The Balaban J connectivity index is 2.92. The molecule has 1 N–H and O–H groups in total. The lowest BCUT2D eigenvalue weighted by Crippen LogP contribution is -2.33. The van der Waals surface area contributed by atoms with E-state index in [1.807, 2.05) is 13.1 Å². The Morgan fingerprint density at radius 2 is 1.89 bits per heavy atom. The molecular weight excluding hydrogens is 258 g/mol. The van der Waals surface area contributed by atoms with Crippen molar-refractivity contribution in [3.05, 3.63) is 28.8 Å². The Morgan fingerprint density at radius 3 is 2.47 bits per heavy atom. The molecule has 0 spiro atoms. The van der Waals surface area contributed by atoms with E-state index in [1.165, 1.54) is 11.3 Å². The highest BCUT2D eigenvalue weighted by molar-refractivity contribution is 6.30. The molecule has 0 saturated carbocycles. The van der Waals surface area contributed by atoms with Crippen LogP contribution in [-0.2, 0) is 6.54 Å². The van der Waals surface area contributed by atoms with Gasteiger partial charge in [0, 0.05) is 36.9 Å². The first-order valence-corrected chi connectivity index (χ1v) is 7.29. The minimum atomic E-state index is 0.804. The van der Waals surface area contributed by atoms with E-state index in [1.54, 1.807) is 0 Å². The standard InChI is InChI=1S/C15H26ClN3/c1-5-8-19(10-9-18(3)4)15-7-6-14(16)11-13(15)12-17-2/h6-7,11,17H,5,8-10,12H2,1-4H3. The van der Waals surface area contributed by atoms with Crippen molar-refractivity contribution in [1.82, 2.24) is 10.2 Å². The highest BCUT2D eigenvalue weighted by Gasteiger charge is 2.11. The molecule has 3 nitrogen and oxygen atoms in total. The summed E-state index contributed by atoms with van der Waals surface area (Å²) in [6.07, 6.45) is 1.15. The summed E-state index contributed by atoms with van der Waals surface area (Å²) < 4.78 is 0. The molecule has 1 aromatic rings. The highest BCUT2D eigenvalue weighted by atomic mass is 35.5. The zero-order valence-electron chi connectivity index (χ0n) is 12.5. The van der Waals surface area contributed by atoms with Gasteiger partial charge in [-0.2, -0.15) is 0 Å². The average molecular weight is 284 g/mol. The van der Waals surface area contributed by atoms with E-state index in [9.17, 15) is 0 Å². The van der Waals surface area contributed by atoms with Crippen molar-refractivity contribution in [2.75, 3.05) is 45.7 Å². The van der Waals surface area contributed by atoms with Gasteiger partial charge in [-0.25, -0.2) is 0 Å². The third-order valence-corrected chi connectivity index (χ3v) is 3.30. The van der Waals surface area contributed by atoms with Crippen molar-refractivity contribution in [3.8, 4) is 0 Å². The molecule has 4 heteroatoms. The van der Waals surface area contributed by atoms with Crippen LogP contribution < -0.4 is 10.2 Å². The molecule has 0 radical (unpaired) electrons. The maximum atomic E-state index is 6.11. The van der Waals surface area contributed by atoms with E-state index >= 15 is 0 Å². The number of likely N-dealkylation sites (N-methyl/N-ethyl adjacent to an activating group) is 1. The third kappa shape index (κ3) is 5.39. The van der Waals surface area contributed by atoms with Crippen molar-refractivity contribution >= 4 is 17.3 Å². The first-order chi connectivity index (χ1) is 9.08. The molecule has 0 atom stereocenters. The van der Waals surface area contributed by atoms with Gasteiger partial charge in [-0.3, -0.25) is 0 Å². The minimum Gasteiger partial charge on any atom is -0.370 e. The van der Waals surface area contributed by atoms with E-state index in [-0.39, 0.29) is 0 Å². The van der Waals surface area contributed by atoms with E-state index in [0.29, 0.717) is 0 Å². The van der Waals surface area contributed by atoms with Crippen LogP contribution in [0, 0.1) is 0 Å². The second kappa shape index (κ2) is 8.41. The molecule has 0 heterocycles. The lowest BCUT2D eigenvalue weighted by atomic mass is 10.1. The average Bonchev–Trinajstić information content (AvgIpc) is 2.35. The normalized spacial score (nSPS) is 11.1. The number of nitrogens with zero attached hydrogens (tertiary/aromatic N) is 2. The third-order valence-electron chi connectivity index (χ3n) is 3.06. The zero-order chi connectivity index (χ0) is 14.3. The van der Waals surface area contributed by atoms with Crippen molar-refractivity contribution in [2.24, 2.45) is 0 Å². The molecule has 0 aliphatic rings. The highest BCUT2D eigenvalue weighted by Crippen LogP contribution is 2.24. The molecule has 0 aliphatic heterocycles. The van der Waals surface area contributed by atoms with Gasteiger partial charge in [0.25, 0.3) is 0 Å². The molecule has 0 saturated heterocycles. The summed E-state index contributed by atoms with van der Waals surface area (Å²) in [6, 6.07) is 6.18. The molecule has 1 rings (SSSR count). The van der Waals surface area contributed by atoms with Crippen molar-refractivity contribution in [3.63, 3.8) is 0 Å². The molecule has 0 aliphatic carbocycles. The Hall–Kier alpha value is -0.770. The Bertz CT molecular complexity index is 380. The summed E-state index contributed by atoms with van der Waals surface area (Å²) in [5, 5.41) is 4.02. The van der Waals surface area contributed by atoms with E-state index in [2.05, 4.69) is 48.3 Å². The first kappa shape index (κ1) is 16.3. The fourth-order valence-electron chi connectivity index (χ4n) is 2.14. The van der Waals surface area contributed by atoms with Gasteiger partial charge in [0.1, 0.15) is 0 Å². The summed E-state index contributed by atoms with van der Waals surface area (Å²) in [5.41, 5.74) is 2.56. The van der Waals surface area contributed by atoms with E-state index in [4.69, 9.17) is 11.6 Å². The molecule has 1 aromatic carbocycles. The number of hydrogen-bond donors (Lipinski definition) is 1. The van der Waals surface area contributed by atoms with Crippen molar-refractivity contribution in [2.45, 2.75) is 19.9 Å². The number of hydrogen-bond acceptors (Lipinski definition) is 3. The molecule has 0 bridgehead atoms. The summed E-state index contributed by atoms with van der Waals surface area (Å²) >= 11 is 6.11. The molecular formula is C15H26ClN3. The van der Waals surface area contributed by atoms with Crippen LogP contribution >= 0.6 is 11.6 Å². The van der Waals surface area contributed by atoms with Crippen LogP contribution in [0.1, 0.15) is 18.9 Å². The van der Waals surface area contributed by atoms with Crippen LogP contribution in [0.15, 0.2) is 18.2 Å². The Labute approximate surface area is 122 Å². The predicted octanol–water partition coefficient (Wildman–Crippen LogP) is 2.84. The number of nitrogens with one attached hydrogen (secondary N) is 1. The minimum absolute atomic E-state index is 0.804. The Morgan fingerprint density at radius 1 is 1.16 bits per heavy atom. The van der Waals surface area contributed by atoms with Gasteiger partial charge in [0.15, 0.2) is 0 Å². The van der Waals surface area contributed by atoms with Gasteiger partial charge < -0.3 is 15.1 Å². The maximum Gasteiger partial charge on any atom is 0.0413 e. The predicted molar refractivity (Wildman–Crippen MR) is 85.3 cm³/mol. The summed E-state index contributed by atoms with van der Waals surface area (Å²) in [6.45, 7) is 6.24. The van der Waals surface area contributed by atoms with Crippen molar-refractivity contribution < 1.29 is 0 Å². The summed E-state index contributed by atoms with van der Waals surface area (Å²) in [5.74, 6) is 0. The number of rotatable bonds is 8. The molecule has 0 amide bonds. The SMILES string of the molecule is CCCN(CCN(C)C)c1ccc(Cl)cc1CNC. The van der Waals surface area contributed by atoms with Gasteiger partial charge in [0.2, 0.25) is 0 Å². The van der Waals surface area contributed by atoms with E-state index < -0.39 is 0 Å². The number of halogens is 1. The van der Waals surface area contributed by atoms with Gasteiger partial charge in [-0.15, -0.1) is 0 Å². The van der Waals surface area contributed by atoms with Crippen LogP contribution in [0.5, 0.6) is 0 Å². The summed E-state index contributed by atoms with van der Waals surface area (Å²) in [7, 11) is 6.19. The molecule has 19 heavy (non-hydrogen) atoms. The monoisotopic (exact) mass is 283 g/mol. The maximum absolute atomic E-state index is 6.11. The second-order valence-corrected chi connectivity index (χ2v) is 5.53. The van der Waals surface area contributed by atoms with E-state index in [0.717, 1.165) is 37.6 Å². The first-order valence-electron chi connectivity index (χ1n) is 6.91. The lowest BCUT2D eigenvalue weighted by Gasteiger charge is -2.28. The van der Waals surface area contributed by atoms with Crippen LogP contribution in [0.25, 0.3) is 0 Å². The molecule has 108 valence electrons. The van der Waals surface area contributed by atoms with Gasteiger partial charge in [-0.1, -0.05) is 18.5 Å².